The maximum Gasteiger partial charge on any atom is 0.337 e. The fraction of sp³-hybridized carbons (Fsp3) is 0.296. The highest BCUT2D eigenvalue weighted by Gasteiger charge is 2.28. The molecule has 0 aromatic heterocycles. The molecular weight excluding hydrogens is 372 g/mol. The number of allylic oxidation sites excluding steroid dienone is 3. The Labute approximate surface area is 179 Å². The fourth-order valence-corrected chi connectivity index (χ4v) is 3.69. The fourth-order valence-electron chi connectivity index (χ4n) is 3.69. The molecule has 0 atom stereocenters. The largest absolute Gasteiger partial charge is 0.465 e. The first-order valence-electron chi connectivity index (χ1n) is 10.2. The second-order valence-corrected chi connectivity index (χ2v) is 9.04. The molecule has 0 aliphatic heterocycles. The van der Waals surface area contributed by atoms with E-state index in [0.717, 1.165) is 34.3 Å². The smallest absolute Gasteiger partial charge is 0.337 e. The normalized spacial score (nSPS) is 15.5. The van der Waals surface area contributed by atoms with Gasteiger partial charge in [0, 0.05) is 0 Å². The summed E-state index contributed by atoms with van der Waals surface area (Å²) in [6, 6.07) is 13.8. The average molecular weight is 403 g/mol. The van der Waals surface area contributed by atoms with Gasteiger partial charge in [-0.25, -0.2) is 4.79 Å². The SMILES string of the molecule is C=C(c1ccc(C(=O)OC)cc1)c1ccc2c(c1)C(/C=C/C(C)(C)O)=CCC2(C)C. The molecule has 0 spiro atoms. The number of rotatable bonds is 5. The van der Waals surface area contributed by atoms with Crippen molar-refractivity contribution in [1.29, 1.82) is 0 Å². The summed E-state index contributed by atoms with van der Waals surface area (Å²) < 4.78 is 4.77. The van der Waals surface area contributed by atoms with E-state index in [1.165, 1.54) is 12.7 Å². The van der Waals surface area contributed by atoms with Gasteiger partial charge in [-0.05, 0) is 77.3 Å². The number of aliphatic hydroxyl groups is 1. The molecule has 0 fully saturated rings. The third-order valence-electron chi connectivity index (χ3n) is 5.57. The van der Waals surface area contributed by atoms with Gasteiger partial charge in [0.15, 0.2) is 0 Å². The zero-order valence-electron chi connectivity index (χ0n) is 18.5. The molecule has 0 unspecified atom stereocenters. The van der Waals surface area contributed by atoms with Crippen molar-refractivity contribution in [2.75, 3.05) is 7.11 Å². The van der Waals surface area contributed by atoms with Crippen LogP contribution in [0.2, 0.25) is 0 Å². The van der Waals surface area contributed by atoms with Crippen LogP contribution in [-0.2, 0) is 10.2 Å². The molecule has 1 aliphatic rings. The zero-order chi connectivity index (χ0) is 22.1. The molecule has 0 saturated carbocycles. The maximum absolute atomic E-state index is 11.7. The van der Waals surface area contributed by atoms with Crippen molar-refractivity contribution in [2.45, 2.75) is 45.1 Å². The molecule has 3 rings (SSSR count). The molecule has 156 valence electrons. The monoisotopic (exact) mass is 402 g/mol. The summed E-state index contributed by atoms with van der Waals surface area (Å²) in [5, 5.41) is 10.1. The second-order valence-electron chi connectivity index (χ2n) is 9.04. The molecule has 2 aromatic carbocycles. The lowest BCUT2D eigenvalue weighted by Crippen LogP contribution is -2.21. The number of fused-ring (bicyclic) bond motifs is 1. The first-order valence-corrected chi connectivity index (χ1v) is 10.2. The van der Waals surface area contributed by atoms with E-state index in [9.17, 15) is 9.90 Å². The van der Waals surface area contributed by atoms with Gasteiger partial charge < -0.3 is 9.84 Å². The van der Waals surface area contributed by atoms with Crippen LogP contribution in [0.25, 0.3) is 11.1 Å². The minimum Gasteiger partial charge on any atom is -0.465 e. The Balaban J connectivity index is 1.99. The van der Waals surface area contributed by atoms with Gasteiger partial charge in [0.2, 0.25) is 0 Å². The van der Waals surface area contributed by atoms with E-state index in [2.05, 4.69) is 44.7 Å². The van der Waals surface area contributed by atoms with Gasteiger partial charge in [-0.3, -0.25) is 0 Å². The Morgan fingerprint density at radius 3 is 2.30 bits per heavy atom. The van der Waals surface area contributed by atoms with E-state index in [4.69, 9.17) is 4.74 Å². The lowest BCUT2D eigenvalue weighted by atomic mass is 9.72. The van der Waals surface area contributed by atoms with Crippen molar-refractivity contribution in [2.24, 2.45) is 0 Å². The number of carbonyl (C=O) groups excluding carboxylic acids is 1. The summed E-state index contributed by atoms with van der Waals surface area (Å²) >= 11 is 0. The van der Waals surface area contributed by atoms with Crippen LogP contribution < -0.4 is 0 Å². The third-order valence-corrected chi connectivity index (χ3v) is 5.57. The Kier molecular flexibility index (Phi) is 5.87. The van der Waals surface area contributed by atoms with E-state index >= 15 is 0 Å². The quantitative estimate of drug-likeness (QED) is 0.631. The maximum atomic E-state index is 11.7. The summed E-state index contributed by atoms with van der Waals surface area (Å²) in [4.78, 5) is 11.7. The number of benzene rings is 2. The summed E-state index contributed by atoms with van der Waals surface area (Å²) in [5.74, 6) is -0.350. The van der Waals surface area contributed by atoms with Gasteiger partial charge in [0.1, 0.15) is 0 Å². The topological polar surface area (TPSA) is 46.5 Å². The Bertz CT molecular complexity index is 1030. The molecule has 0 saturated heterocycles. The van der Waals surface area contributed by atoms with Gasteiger partial charge in [0.25, 0.3) is 0 Å². The molecule has 0 heterocycles. The average Bonchev–Trinajstić information content (AvgIpc) is 2.71. The van der Waals surface area contributed by atoms with Gasteiger partial charge in [-0.15, -0.1) is 0 Å². The number of carbonyl (C=O) groups is 1. The lowest BCUT2D eigenvalue weighted by Gasteiger charge is -2.32. The molecule has 0 bridgehead atoms. The van der Waals surface area contributed by atoms with Gasteiger partial charge in [-0.2, -0.15) is 0 Å². The molecule has 3 nitrogen and oxygen atoms in total. The number of hydrogen-bond donors (Lipinski definition) is 1. The predicted octanol–water partition coefficient (Wildman–Crippen LogP) is 5.93. The first kappa shape index (κ1) is 21.8. The predicted molar refractivity (Wildman–Crippen MR) is 123 cm³/mol. The van der Waals surface area contributed by atoms with Crippen LogP contribution in [0.15, 0.2) is 67.3 Å². The number of esters is 1. The van der Waals surface area contributed by atoms with Crippen molar-refractivity contribution in [1.82, 2.24) is 0 Å². The van der Waals surface area contributed by atoms with Crippen molar-refractivity contribution >= 4 is 17.1 Å². The lowest BCUT2D eigenvalue weighted by molar-refractivity contribution is 0.0600. The molecule has 1 aliphatic carbocycles. The van der Waals surface area contributed by atoms with Crippen molar-refractivity contribution in [3.63, 3.8) is 0 Å². The van der Waals surface area contributed by atoms with Crippen LogP contribution in [0.5, 0.6) is 0 Å². The number of methoxy groups -OCH3 is 1. The minimum absolute atomic E-state index is 0.0451. The molecule has 0 amide bonds. The van der Waals surface area contributed by atoms with Crippen LogP contribution in [0.1, 0.15) is 66.7 Å². The first-order chi connectivity index (χ1) is 14.0. The highest BCUT2D eigenvalue weighted by Crippen LogP contribution is 2.41. The summed E-state index contributed by atoms with van der Waals surface area (Å²) in [5.41, 5.74) is 6.14. The minimum atomic E-state index is -0.865. The molecule has 2 aromatic rings. The van der Waals surface area contributed by atoms with E-state index < -0.39 is 5.60 Å². The van der Waals surface area contributed by atoms with E-state index in [1.54, 1.807) is 26.0 Å². The van der Waals surface area contributed by atoms with E-state index in [-0.39, 0.29) is 11.4 Å². The third kappa shape index (κ3) is 4.63. The number of ether oxygens (including phenoxy) is 1. The summed E-state index contributed by atoms with van der Waals surface area (Å²) in [7, 11) is 1.38. The summed E-state index contributed by atoms with van der Waals surface area (Å²) in [6.45, 7) is 12.3. The van der Waals surface area contributed by atoms with Gasteiger partial charge >= 0.3 is 5.97 Å². The molecular formula is C27H30O3. The Hall–Kier alpha value is -2.91. The molecule has 0 radical (unpaired) electrons. The highest BCUT2D eigenvalue weighted by molar-refractivity contribution is 5.90. The molecule has 1 N–H and O–H groups in total. The summed E-state index contributed by atoms with van der Waals surface area (Å²) in [6.07, 6.45) is 7.02. The molecule has 30 heavy (non-hydrogen) atoms. The van der Waals surface area contributed by atoms with Crippen molar-refractivity contribution in [3.8, 4) is 0 Å². The second kappa shape index (κ2) is 8.08. The molecule has 3 heteroatoms. The van der Waals surface area contributed by atoms with Crippen molar-refractivity contribution < 1.29 is 14.6 Å². The highest BCUT2D eigenvalue weighted by atomic mass is 16.5. The van der Waals surface area contributed by atoms with Gasteiger partial charge in [-0.1, -0.05) is 62.9 Å². The number of hydrogen-bond acceptors (Lipinski definition) is 3. The zero-order valence-corrected chi connectivity index (χ0v) is 18.5. The van der Waals surface area contributed by atoms with E-state index in [0.29, 0.717) is 5.56 Å². The standard InChI is InChI=1S/C27H30O3/c1-18(19-7-9-21(10-8-19)25(28)30-6)22-11-12-24-23(17-22)20(13-15-26(24,2)3)14-16-27(4,5)29/h7-14,16-17,29H,1,15H2,2-6H3/b16-14+. The van der Waals surface area contributed by atoms with Crippen LogP contribution in [0.4, 0.5) is 0 Å². The van der Waals surface area contributed by atoms with E-state index in [1.807, 2.05) is 24.3 Å². The van der Waals surface area contributed by atoms with Crippen molar-refractivity contribution in [3.05, 3.63) is 95.1 Å². The van der Waals surface area contributed by atoms with Crippen LogP contribution in [0, 0.1) is 0 Å². The Morgan fingerprint density at radius 2 is 1.70 bits per heavy atom. The van der Waals surface area contributed by atoms with Crippen LogP contribution in [-0.4, -0.2) is 23.8 Å². The Morgan fingerprint density at radius 1 is 1.10 bits per heavy atom. The van der Waals surface area contributed by atoms with Crippen LogP contribution >= 0.6 is 0 Å². The van der Waals surface area contributed by atoms with Crippen LogP contribution in [0.3, 0.4) is 0 Å². The van der Waals surface area contributed by atoms with Gasteiger partial charge in [0.05, 0.1) is 18.3 Å².